The standard InChI is InChI=1S/C15H20N2O4/c1-10(8-9-13(18)19)16-14(20)11(2)17-15(21)12-6-4-3-5-7-12/h3-7,10-11H,8-9H2,1-2H3,(H,16,20)(H,17,21)(H,18,19). The molecular formula is C15H20N2O4. The molecule has 0 fully saturated rings. The van der Waals surface area contributed by atoms with Crippen molar-refractivity contribution >= 4 is 17.8 Å². The van der Waals surface area contributed by atoms with Crippen LogP contribution in [0, 0.1) is 0 Å². The second kappa shape index (κ2) is 8.04. The van der Waals surface area contributed by atoms with E-state index in [1.807, 2.05) is 0 Å². The molecule has 6 nitrogen and oxygen atoms in total. The molecule has 1 rings (SSSR count). The molecular weight excluding hydrogens is 272 g/mol. The lowest BCUT2D eigenvalue weighted by Gasteiger charge is -2.18. The third kappa shape index (κ3) is 6.07. The highest BCUT2D eigenvalue weighted by molar-refractivity contribution is 5.97. The van der Waals surface area contributed by atoms with Crippen molar-refractivity contribution in [2.45, 2.75) is 38.8 Å². The molecule has 2 unspecified atom stereocenters. The first-order valence-electron chi connectivity index (χ1n) is 6.78. The van der Waals surface area contributed by atoms with E-state index in [9.17, 15) is 14.4 Å². The molecule has 114 valence electrons. The van der Waals surface area contributed by atoms with Gasteiger partial charge in [-0.1, -0.05) is 18.2 Å². The number of rotatable bonds is 7. The number of carboxylic acids is 1. The highest BCUT2D eigenvalue weighted by Crippen LogP contribution is 2.00. The molecule has 21 heavy (non-hydrogen) atoms. The lowest BCUT2D eigenvalue weighted by Crippen LogP contribution is -2.47. The Hall–Kier alpha value is -2.37. The SMILES string of the molecule is CC(CCC(=O)O)NC(=O)C(C)NC(=O)c1ccccc1. The van der Waals surface area contributed by atoms with E-state index in [2.05, 4.69) is 10.6 Å². The summed E-state index contributed by atoms with van der Waals surface area (Å²) >= 11 is 0. The summed E-state index contributed by atoms with van der Waals surface area (Å²) in [6.07, 6.45) is 0.340. The van der Waals surface area contributed by atoms with E-state index in [1.165, 1.54) is 0 Å². The third-order valence-corrected chi connectivity index (χ3v) is 2.96. The lowest BCUT2D eigenvalue weighted by atomic mass is 10.1. The summed E-state index contributed by atoms with van der Waals surface area (Å²) in [5.41, 5.74) is 0.482. The predicted molar refractivity (Wildman–Crippen MR) is 77.8 cm³/mol. The third-order valence-electron chi connectivity index (χ3n) is 2.96. The zero-order valence-corrected chi connectivity index (χ0v) is 12.1. The van der Waals surface area contributed by atoms with E-state index in [0.717, 1.165) is 0 Å². The predicted octanol–water partition coefficient (Wildman–Crippen LogP) is 1.17. The molecule has 3 N–H and O–H groups in total. The number of aliphatic carboxylic acids is 1. The van der Waals surface area contributed by atoms with E-state index in [-0.39, 0.29) is 24.3 Å². The van der Waals surface area contributed by atoms with E-state index in [4.69, 9.17) is 5.11 Å². The number of carbonyl (C=O) groups excluding carboxylic acids is 2. The fourth-order valence-corrected chi connectivity index (χ4v) is 1.72. The Labute approximate surface area is 123 Å². The van der Waals surface area contributed by atoms with Crippen molar-refractivity contribution in [1.82, 2.24) is 10.6 Å². The fourth-order valence-electron chi connectivity index (χ4n) is 1.72. The van der Waals surface area contributed by atoms with Crippen LogP contribution >= 0.6 is 0 Å². The molecule has 0 saturated heterocycles. The van der Waals surface area contributed by atoms with Crippen molar-refractivity contribution in [2.75, 3.05) is 0 Å². The van der Waals surface area contributed by atoms with Gasteiger partial charge in [0.15, 0.2) is 0 Å². The van der Waals surface area contributed by atoms with Gasteiger partial charge in [0.2, 0.25) is 5.91 Å². The average Bonchev–Trinajstić information content (AvgIpc) is 2.45. The van der Waals surface area contributed by atoms with Crippen molar-refractivity contribution in [3.63, 3.8) is 0 Å². The first kappa shape index (κ1) is 16.7. The van der Waals surface area contributed by atoms with Gasteiger partial charge in [0.1, 0.15) is 6.04 Å². The van der Waals surface area contributed by atoms with Crippen LogP contribution < -0.4 is 10.6 Å². The molecule has 2 atom stereocenters. The summed E-state index contributed by atoms with van der Waals surface area (Å²) in [5, 5.41) is 13.9. The van der Waals surface area contributed by atoms with Gasteiger partial charge in [-0.15, -0.1) is 0 Å². The molecule has 6 heteroatoms. The van der Waals surface area contributed by atoms with Gasteiger partial charge in [-0.25, -0.2) is 0 Å². The number of nitrogens with one attached hydrogen (secondary N) is 2. The molecule has 0 aliphatic rings. The smallest absolute Gasteiger partial charge is 0.303 e. The summed E-state index contributed by atoms with van der Waals surface area (Å²) in [6.45, 7) is 3.31. The highest BCUT2D eigenvalue weighted by Gasteiger charge is 2.18. The number of hydrogen-bond acceptors (Lipinski definition) is 3. The molecule has 0 aliphatic heterocycles. The van der Waals surface area contributed by atoms with Gasteiger partial charge < -0.3 is 15.7 Å². The number of amides is 2. The molecule has 1 aromatic rings. The maximum Gasteiger partial charge on any atom is 0.303 e. The van der Waals surface area contributed by atoms with Crippen LogP contribution in [0.15, 0.2) is 30.3 Å². The quantitative estimate of drug-likeness (QED) is 0.703. The molecule has 0 heterocycles. The number of hydrogen-bond donors (Lipinski definition) is 3. The summed E-state index contributed by atoms with van der Waals surface area (Å²) in [6, 6.07) is 7.66. The number of carbonyl (C=O) groups is 3. The fraction of sp³-hybridized carbons (Fsp3) is 0.400. The molecule has 0 aromatic heterocycles. The van der Waals surface area contributed by atoms with Crippen LogP contribution in [-0.4, -0.2) is 35.0 Å². The van der Waals surface area contributed by atoms with Gasteiger partial charge in [0.25, 0.3) is 5.91 Å². The summed E-state index contributed by atoms with van der Waals surface area (Å²) < 4.78 is 0. The summed E-state index contributed by atoms with van der Waals surface area (Å²) in [5.74, 6) is -1.56. The molecule has 0 radical (unpaired) electrons. The van der Waals surface area contributed by atoms with Gasteiger partial charge in [-0.05, 0) is 32.4 Å². The molecule has 0 saturated carbocycles. The van der Waals surface area contributed by atoms with Gasteiger partial charge in [-0.2, -0.15) is 0 Å². The first-order chi connectivity index (χ1) is 9.90. The zero-order valence-electron chi connectivity index (χ0n) is 12.1. The van der Waals surface area contributed by atoms with Crippen molar-refractivity contribution in [1.29, 1.82) is 0 Å². The first-order valence-corrected chi connectivity index (χ1v) is 6.78. The molecule has 0 bridgehead atoms. The Morgan fingerprint density at radius 2 is 1.71 bits per heavy atom. The average molecular weight is 292 g/mol. The van der Waals surface area contributed by atoms with E-state index in [1.54, 1.807) is 44.2 Å². The van der Waals surface area contributed by atoms with Crippen molar-refractivity contribution < 1.29 is 19.5 Å². The topological polar surface area (TPSA) is 95.5 Å². The van der Waals surface area contributed by atoms with Crippen LogP contribution in [0.2, 0.25) is 0 Å². The van der Waals surface area contributed by atoms with Gasteiger partial charge in [0, 0.05) is 18.0 Å². The van der Waals surface area contributed by atoms with Crippen LogP contribution in [0.1, 0.15) is 37.0 Å². The normalized spacial score (nSPS) is 13.0. The number of carboxylic acid groups (broad SMARTS) is 1. The van der Waals surface area contributed by atoms with Gasteiger partial charge in [-0.3, -0.25) is 14.4 Å². The van der Waals surface area contributed by atoms with Crippen molar-refractivity contribution in [3.8, 4) is 0 Å². The molecule has 0 spiro atoms. The molecule has 0 aliphatic carbocycles. The Bertz CT molecular complexity index is 502. The minimum atomic E-state index is -0.901. The Morgan fingerprint density at radius 3 is 2.29 bits per heavy atom. The van der Waals surface area contributed by atoms with E-state index >= 15 is 0 Å². The zero-order chi connectivity index (χ0) is 15.8. The molecule has 1 aromatic carbocycles. The van der Waals surface area contributed by atoms with Crippen LogP contribution in [0.3, 0.4) is 0 Å². The summed E-state index contributed by atoms with van der Waals surface area (Å²) in [7, 11) is 0. The second-order valence-electron chi connectivity index (χ2n) is 4.90. The Kier molecular flexibility index (Phi) is 6.39. The van der Waals surface area contributed by atoms with Crippen LogP contribution in [0.5, 0.6) is 0 Å². The highest BCUT2D eigenvalue weighted by atomic mass is 16.4. The van der Waals surface area contributed by atoms with Crippen LogP contribution in [-0.2, 0) is 9.59 Å². The Morgan fingerprint density at radius 1 is 1.10 bits per heavy atom. The minimum absolute atomic E-state index is 0.00774. The Balaban J connectivity index is 2.44. The number of benzene rings is 1. The maximum absolute atomic E-state index is 11.9. The second-order valence-corrected chi connectivity index (χ2v) is 4.90. The van der Waals surface area contributed by atoms with Crippen LogP contribution in [0.4, 0.5) is 0 Å². The van der Waals surface area contributed by atoms with E-state index in [0.29, 0.717) is 12.0 Å². The monoisotopic (exact) mass is 292 g/mol. The minimum Gasteiger partial charge on any atom is -0.481 e. The van der Waals surface area contributed by atoms with Gasteiger partial charge in [0.05, 0.1) is 0 Å². The lowest BCUT2D eigenvalue weighted by molar-refractivity contribution is -0.137. The van der Waals surface area contributed by atoms with Crippen molar-refractivity contribution in [2.24, 2.45) is 0 Å². The largest absolute Gasteiger partial charge is 0.481 e. The maximum atomic E-state index is 11.9. The molecule has 2 amide bonds. The van der Waals surface area contributed by atoms with Crippen molar-refractivity contribution in [3.05, 3.63) is 35.9 Å². The summed E-state index contributed by atoms with van der Waals surface area (Å²) in [4.78, 5) is 34.2. The van der Waals surface area contributed by atoms with Gasteiger partial charge >= 0.3 is 5.97 Å². The van der Waals surface area contributed by atoms with Crippen LogP contribution in [0.25, 0.3) is 0 Å². The van der Waals surface area contributed by atoms with E-state index < -0.39 is 12.0 Å².